The molecule has 0 fully saturated rings. The van der Waals surface area contributed by atoms with Crippen LogP contribution in [-0.4, -0.2) is 60.6 Å². The van der Waals surface area contributed by atoms with E-state index in [2.05, 4.69) is 25.6 Å². The quantitative estimate of drug-likeness (QED) is 0.231. The number of aryl methyl sites for hydroxylation is 1. The van der Waals surface area contributed by atoms with Gasteiger partial charge in [0.2, 0.25) is 5.88 Å². The highest BCUT2D eigenvalue weighted by molar-refractivity contribution is 5.97. The van der Waals surface area contributed by atoms with E-state index in [4.69, 9.17) is 14.5 Å². The second-order valence-corrected chi connectivity index (χ2v) is 8.33. The molecule has 0 radical (unpaired) electrons. The maximum atomic E-state index is 12.3. The minimum absolute atomic E-state index is 0.156. The van der Waals surface area contributed by atoms with Crippen molar-refractivity contribution in [3.63, 3.8) is 0 Å². The van der Waals surface area contributed by atoms with Crippen LogP contribution in [0.1, 0.15) is 28.7 Å². The molecule has 38 heavy (non-hydrogen) atoms. The molecule has 0 bridgehead atoms. The van der Waals surface area contributed by atoms with Gasteiger partial charge in [0, 0.05) is 24.6 Å². The lowest BCUT2D eigenvalue weighted by atomic mass is 10.2. The van der Waals surface area contributed by atoms with Gasteiger partial charge in [-0.05, 0) is 56.3 Å². The third-order valence-electron chi connectivity index (χ3n) is 5.69. The zero-order chi connectivity index (χ0) is 26.6. The number of benzene rings is 1. The van der Waals surface area contributed by atoms with E-state index in [0.29, 0.717) is 47.8 Å². The SMILES string of the molecule is COCCOc1ccc(Nc2ccc3c(c2)ncn3-c2ccc(C(C)=O)c(-n3nc(C#N)cc3C)n2)nn1. The third kappa shape index (κ3) is 4.91. The number of ether oxygens (including phenoxy) is 2. The smallest absolute Gasteiger partial charge is 0.233 e. The first-order valence-electron chi connectivity index (χ1n) is 11.7. The number of hydrogen-bond acceptors (Lipinski definition) is 10. The number of methoxy groups -OCH3 is 1. The van der Waals surface area contributed by atoms with Crippen LogP contribution < -0.4 is 10.1 Å². The second-order valence-electron chi connectivity index (χ2n) is 8.33. The maximum Gasteiger partial charge on any atom is 0.233 e. The number of nitriles is 1. The van der Waals surface area contributed by atoms with Gasteiger partial charge in [-0.2, -0.15) is 10.4 Å². The lowest BCUT2D eigenvalue weighted by Gasteiger charge is -2.11. The molecule has 0 amide bonds. The number of pyridine rings is 1. The number of hydrogen-bond donors (Lipinski definition) is 1. The Kier molecular flexibility index (Phi) is 6.75. The van der Waals surface area contributed by atoms with E-state index in [9.17, 15) is 10.1 Å². The first-order valence-corrected chi connectivity index (χ1v) is 11.7. The fraction of sp³-hybridized carbons (Fsp3) is 0.192. The highest BCUT2D eigenvalue weighted by Gasteiger charge is 2.17. The van der Waals surface area contributed by atoms with E-state index in [-0.39, 0.29) is 11.5 Å². The van der Waals surface area contributed by atoms with Gasteiger partial charge >= 0.3 is 0 Å². The lowest BCUT2D eigenvalue weighted by molar-refractivity contribution is 0.101. The van der Waals surface area contributed by atoms with Crippen molar-refractivity contribution in [2.45, 2.75) is 13.8 Å². The molecule has 4 aromatic heterocycles. The number of anilines is 2. The number of carbonyl (C=O) groups is 1. The average molecular weight is 510 g/mol. The zero-order valence-corrected chi connectivity index (χ0v) is 20.9. The number of imidazole rings is 1. The lowest BCUT2D eigenvalue weighted by Crippen LogP contribution is -2.11. The van der Waals surface area contributed by atoms with E-state index in [1.165, 1.54) is 11.6 Å². The Morgan fingerprint density at radius 3 is 2.68 bits per heavy atom. The summed E-state index contributed by atoms with van der Waals surface area (Å²) in [6, 6.07) is 16.3. The molecule has 4 heterocycles. The number of fused-ring (bicyclic) bond motifs is 1. The van der Waals surface area contributed by atoms with E-state index in [1.54, 1.807) is 50.7 Å². The minimum Gasteiger partial charge on any atom is -0.474 e. The van der Waals surface area contributed by atoms with E-state index >= 15 is 0 Å². The molecule has 5 aromatic rings. The molecule has 0 saturated carbocycles. The van der Waals surface area contributed by atoms with Crippen LogP contribution in [0.2, 0.25) is 0 Å². The van der Waals surface area contributed by atoms with E-state index in [1.807, 2.05) is 28.8 Å². The molecule has 0 unspecified atom stereocenters. The molecule has 0 aliphatic carbocycles. The topological polar surface area (TPSA) is 146 Å². The Labute approximate surface area is 217 Å². The van der Waals surface area contributed by atoms with Crippen molar-refractivity contribution in [2.24, 2.45) is 0 Å². The molecule has 190 valence electrons. The molecule has 0 saturated heterocycles. The second kappa shape index (κ2) is 10.5. The molecule has 0 atom stereocenters. The predicted octanol–water partition coefficient (Wildman–Crippen LogP) is 3.55. The van der Waals surface area contributed by atoms with Crippen LogP contribution in [0.15, 0.2) is 54.9 Å². The van der Waals surface area contributed by atoms with Gasteiger partial charge in [-0.25, -0.2) is 14.6 Å². The number of rotatable bonds is 9. The largest absolute Gasteiger partial charge is 0.474 e. The summed E-state index contributed by atoms with van der Waals surface area (Å²) in [6.45, 7) is 4.14. The van der Waals surface area contributed by atoms with Crippen molar-refractivity contribution in [3.8, 4) is 23.6 Å². The fourth-order valence-electron chi connectivity index (χ4n) is 3.87. The van der Waals surface area contributed by atoms with Gasteiger partial charge in [0.05, 0.1) is 23.2 Å². The monoisotopic (exact) mass is 509 g/mol. The molecule has 0 aliphatic heterocycles. The van der Waals surface area contributed by atoms with Crippen LogP contribution in [0.4, 0.5) is 11.5 Å². The van der Waals surface area contributed by atoms with Gasteiger partial charge in [0.1, 0.15) is 24.8 Å². The first-order chi connectivity index (χ1) is 18.5. The summed E-state index contributed by atoms with van der Waals surface area (Å²) in [7, 11) is 1.61. The van der Waals surface area contributed by atoms with Gasteiger partial charge in [0.25, 0.3) is 0 Å². The Hall–Kier alpha value is -5.15. The summed E-state index contributed by atoms with van der Waals surface area (Å²) < 4.78 is 13.7. The van der Waals surface area contributed by atoms with Gasteiger partial charge in [0.15, 0.2) is 23.1 Å². The summed E-state index contributed by atoms with van der Waals surface area (Å²) >= 11 is 0. The number of Topliss-reactive ketones (excluding diaryl/α,β-unsaturated/α-hetero) is 1. The summed E-state index contributed by atoms with van der Waals surface area (Å²) in [5, 5.41) is 24.9. The number of carbonyl (C=O) groups excluding carboxylic acids is 1. The molecule has 0 aliphatic rings. The van der Waals surface area contributed by atoms with Crippen molar-refractivity contribution in [1.29, 1.82) is 5.26 Å². The van der Waals surface area contributed by atoms with Crippen LogP contribution >= 0.6 is 0 Å². The standard InChI is InChI=1S/C26H23N9O3/c1-16-12-19(14-27)33-35(16)26-20(17(2)36)5-8-24(30-26)34-15-28-21-13-18(4-6-22(21)34)29-23-7-9-25(32-31-23)38-11-10-37-3/h4-9,12-13,15H,10-11H2,1-3H3,(H,29,31). The summed E-state index contributed by atoms with van der Waals surface area (Å²) in [5.41, 5.74) is 3.65. The average Bonchev–Trinajstić information content (AvgIpc) is 3.52. The van der Waals surface area contributed by atoms with Crippen LogP contribution in [0.25, 0.3) is 22.7 Å². The molecule has 12 heteroatoms. The molecule has 12 nitrogen and oxygen atoms in total. The summed E-state index contributed by atoms with van der Waals surface area (Å²) in [6.07, 6.45) is 1.66. The van der Waals surface area contributed by atoms with Gasteiger partial charge in [-0.15, -0.1) is 10.2 Å². The highest BCUT2D eigenvalue weighted by atomic mass is 16.5. The Balaban J connectivity index is 1.43. The Morgan fingerprint density at radius 1 is 1.11 bits per heavy atom. The molecule has 1 N–H and O–H groups in total. The van der Waals surface area contributed by atoms with Crippen molar-refractivity contribution >= 4 is 28.3 Å². The van der Waals surface area contributed by atoms with Crippen molar-refractivity contribution in [1.82, 2.24) is 34.5 Å². The van der Waals surface area contributed by atoms with Gasteiger partial charge in [-0.1, -0.05) is 0 Å². The van der Waals surface area contributed by atoms with Crippen LogP contribution in [0.3, 0.4) is 0 Å². The van der Waals surface area contributed by atoms with Gasteiger partial charge in [-0.3, -0.25) is 9.36 Å². The Morgan fingerprint density at radius 2 is 1.97 bits per heavy atom. The van der Waals surface area contributed by atoms with E-state index < -0.39 is 0 Å². The third-order valence-corrected chi connectivity index (χ3v) is 5.69. The first kappa shape index (κ1) is 24.5. The molecule has 5 rings (SSSR count). The molecular weight excluding hydrogens is 486 g/mol. The summed E-state index contributed by atoms with van der Waals surface area (Å²) in [5.74, 6) is 1.72. The molecular formula is C26H23N9O3. The van der Waals surface area contributed by atoms with Crippen molar-refractivity contribution < 1.29 is 14.3 Å². The van der Waals surface area contributed by atoms with E-state index in [0.717, 1.165) is 16.7 Å². The number of nitrogens with zero attached hydrogens (tertiary/aromatic N) is 8. The zero-order valence-electron chi connectivity index (χ0n) is 20.9. The predicted molar refractivity (Wildman–Crippen MR) is 138 cm³/mol. The van der Waals surface area contributed by atoms with Crippen LogP contribution in [-0.2, 0) is 4.74 Å². The molecule has 1 aromatic carbocycles. The maximum absolute atomic E-state index is 12.3. The Bertz CT molecular complexity index is 1670. The highest BCUT2D eigenvalue weighted by Crippen LogP contribution is 2.25. The fourth-order valence-corrected chi connectivity index (χ4v) is 3.87. The number of aromatic nitrogens is 7. The van der Waals surface area contributed by atoms with Crippen molar-refractivity contribution in [2.75, 3.05) is 25.6 Å². The van der Waals surface area contributed by atoms with Crippen LogP contribution in [0.5, 0.6) is 5.88 Å². The number of ketones is 1. The van der Waals surface area contributed by atoms with Crippen molar-refractivity contribution in [3.05, 3.63) is 71.8 Å². The normalized spacial score (nSPS) is 10.9. The molecule has 0 spiro atoms. The summed E-state index contributed by atoms with van der Waals surface area (Å²) in [4.78, 5) is 21.6. The minimum atomic E-state index is -0.156. The van der Waals surface area contributed by atoms with Gasteiger partial charge < -0.3 is 14.8 Å². The number of nitrogens with one attached hydrogen (secondary N) is 1. The van der Waals surface area contributed by atoms with Crippen LogP contribution in [0, 0.1) is 18.3 Å².